The van der Waals surface area contributed by atoms with E-state index >= 15 is 0 Å². The maximum Gasteiger partial charge on any atom is 0.186 e. The van der Waals surface area contributed by atoms with Crippen molar-refractivity contribution >= 4 is 33.4 Å². The van der Waals surface area contributed by atoms with Crippen LogP contribution in [0.3, 0.4) is 0 Å². The van der Waals surface area contributed by atoms with Crippen LogP contribution in [0.2, 0.25) is 0 Å². The highest BCUT2D eigenvalue weighted by Gasteiger charge is 2.31. The largest absolute Gasteiger partial charge is 0.361 e. The number of aromatic amines is 1. The number of ketones is 1. The molecule has 0 saturated carbocycles. The predicted octanol–water partition coefficient (Wildman–Crippen LogP) is 4.67. The Morgan fingerprint density at radius 3 is 2.76 bits per heavy atom. The van der Waals surface area contributed by atoms with Crippen molar-refractivity contribution in [2.24, 2.45) is 0 Å². The quantitative estimate of drug-likeness (QED) is 0.388. The fraction of sp³-hybridized carbons (Fsp3) is 0.240. The van der Waals surface area contributed by atoms with Crippen LogP contribution in [0.1, 0.15) is 35.2 Å². The molecule has 0 aliphatic carbocycles. The highest BCUT2D eigenvalue weighted by Crippen LogP contribution is 2.26. The van der Waals surface area contributed by atoms with Crippen LogP contribution in [0, 0.1) is 23.0 Å². The summed E-state index contributed by atoms with van der Waals surface area (Å²) in [6, 6.07) is 12.1. The predicted molar refractivity (Wildman–Crippen MR) is 122 cm³/mol. The van der Waals surface area contributed by atoms with Gasteiger partial charge in [-0.25, -0.2) is 13.8 Å². The molecule has 4 aromatic rings. The highest BCUT2D eigenvalue weighted by molar-refractivity contribution is 6.04. The smallest absolute Gasteiger partial charge is 0.186 e. The first-order chi connectivity index (χ1) is 16.0. The minimum atomic E-state index is -1.02. The van der Waals surface area contributed by atoms with Crippen molar-refractivity contribution in [1.82, 2.24) is 15.3 Å². The number of anilines is 1. The molecule has 166 valence electrons. The summed E-state index contributed by atoms with van der Waals surface area (Å²) in [5.74, 6) is -2.00. The van der Waals surface area contributed by atoms with E-state index in [-0.39, 0.29) is 28.7 Å². The van der Waals surface area contributed by atoms with E-state index in [2.05, 4.69) is 26.7 Å². The number of nitriles is 1. The molecule has 33 heavy (non-hydrogen) atoms. The number of hydrogen-bond acceptors (Lipinski definition) is 5. The third-order valence-corrected chi connectivity index (χ3v) is 6.14. The Morgan fingerprint density at radius 2 is 1.97 bits per heavy atom. The minimum absolute atomic E-state index is 0.137. The van der Waals surface area contributed by atoms with Crippen LogP contribution in [0.4, 0.5) is 14.6 Å². The zero-order chi connectivity index (χ0) is 22.9. The second-order valence-corrected chi connectivity index (χ2v) is 8.28. The van der Waals surface area contributed by atoms with E-state index in [0.29, 0.717) is 10.9 Å². The number of benzene rings is 2. The molecule has 0 amide bonds. The van der Waals surface area contributed by atoms with Crippen LogP contribution in [0.25, 0.3) is 21.8 Å². The van der Waals surface area contributed by atoms with Gasteiger partial charge in [0.25, 0.3) is 0 Å². The van der Waals surface area contributed by atoms with E-state index in [9.17, 15) is 18.8 Å². The molecule has 2 aromatic carbocycles. The second kappa shape index (κ2) is 8.60. The topological polar surface area (TPSA) is 93.6 Å². The molecule has 1 aliphatic rings. The summed E-state index contributed by atoms with van der Waals surface area (Å²) in [5.41, 5.74) is 1.74. The third-order valence-electron chi connectivity index (χ3n) is 6.14. The number of rotatable bonds is 5. The average Bonchev–Trinajstić information content (AvgIpc) is 3.31. The zero-order valence-electron chi connectivity index (χ0n) is 17.7. The Kier molecular flexibility index (Phi) is 5.48. The first-order valence-corrected chi connectivity index (χ1v) is 10.8. The monoisotopic (exact) mass is 445 g/mol. The molecular weight excluding hydrogens is 424 g/mol. The summed E-state index contributed by atoms with van der Waals surface area (Å²) in [4.78, 5) is 21.1. The summed E-state index contributed by atoms with van der Waals surface area (Å²) >= 11 is 0. The number of aromatic nitrogens is 2. The van der Waals surface area contributed by atoms with Gasteiger partial charge in [-0.2, -0.15) is 5.26 Å². The van der Waals surface area contributed by atoms with E-state index in [1.165, 1.54) is 6.07 Å². The zero-order valence-corrected chi connectivity index (χ0v) is 17.7. The molecule has 1 aliphatic heterocycles. The molecule has 0 radical (unpaired) electrons. The Labute approximate surface area is 188 Å². The molecule has 5 rings (SSSR count). The molecule has 3 heterocycles. The van der Waals surface area contributed by atoms with Crippen LogP contribution < -0.4 is 10.6 Å². The molecule has 2 atom stereocenters. The summed E-state index contributed by atoms with van der Waals surface area (Å²) in [6.07, 6.45) is 4.59. The summed E-state index contributed by atoms with van der Waals surface area (Å²) in [5, 5.41) is 17.6. The SMILES string of the molecule is N#Cc1cc2cc(F)c(F)cc2nc1N[C@H](C(=O)c1ccc2cc[nH]c2c1)C1CCCCN1. The summed E-state index contributed by atoms with van der Waals surface area (Å²) < 4.78 is 27.5. The van der Waals surface area contributed by atoms with Crippen molar-refractivity contribution in [2.45, 2.75) is 31.3 Å². The number of Topliss-reactive ketones (excluding diaryl/α,β-unsaturated/α-hetero) is 1. The normalized spacial score (nSPS) is 17.1. The van der Waals surface area contributed by atoms with Crippen molar-refractivity contribution in [3.05, 3.63) is 71.4 Å². The number of hydrogen-bond donors (Lipinski definition) is 3. The lowest BCUT2D eigenvalue weighted by Gasteiger charge is -2.31. The Balaban J connectivity index is 1.55. The fourth-order valence-electron chi connectivity index (χ4n) is 4.40. The fourth-order valence-corrected chi connectivity index (χ4v) is 4.40. The molecule has 1 unspecified atom stereocenters. The van der Waals surface area contributed by atoms with Gasteiger partial charge in [-0.05, 0) is 49.0 Å². The highest BCUT2D eigenvalue weighted by atomic mass is 19.2. The maximum atomic E-state index is 13.8. The molecule has 0 spiro atoms. The number of pyridine rings is 1. The van der Waals surface area contributed by atoms with E-state index < -0.39 is 17.7 Å². The lowest BCUT2D eigenvalue weighted by Crippen LogP contribution is -2.51. The molecule has 0 bridgehead atoms. The summed E-state index contributed by atoms with van der Waals surface area (Å²) in [7, 11) is 0. The van der Waals surface area contributed by atoms with E-state index in [4.69, 9.17) is 0 Å². The lowest BCUT2D eigenvalue weighted by atomic mass is 9.91. The van der Waals surface area contributed by atoms with E-state index in [1.54, 1.807) is 6.07 Å². The van der Waals surface area contributed by atoms with Crippen LogP contribution >= 0.6 is 0 Å². The van der Waals surface area contributed by atoms with Crippen molar-refractivity contribution < 1.29 is 13.6 Å². The number of carbonyl (C=O) groups is 1. The van der Waals surface area contributed by atoms with E-state index in [0.717, 1.165) is 48.8 Å². The van der Waals surface area contributed by atoms with Gasteiger partial charge in [0.2, 0.25) is 0 Å². The second-order valence-electron chi connectivity index (χ2n) is 8.28. The number of halogens is 2. The van der Waals surface area contributed by atoms with E-state index in [1.807, 2.05) is 24.4 Å². The molecule has 2 aromatic heterocycles. The van der Waals surface area contributed by atoms with Gasteiger partial charge in [0, 0.05) is 34.8 Å². The standard InChI is InChI=1S/C25H21F2N5O/c26-18-10-16-9-17(13-28)25(31-22(16)12-19(18)27)32-23(20-3-1-2-7-29-20)24(33)15-5-4-14-6-8-30-21(14)11-15/h4-6,8-12,20,23,29-30H,1-3,7H2,(H,31,32)/t20?,23-/m0/s1. The Bertz CT molecular complexity index is 1400. The van der Waals surface area contributed by atoms with Gasteiger partial charge >= 0.3 is 0 Å². The summed E-state index contributed by atoms with van der Waals surface area (Å²) in [6.45, 7) is 0.784. The van der Waals surface area contributed by atoms with Gasteiger partial charge in [0.15, 0.2) is 17.4 Å². The first-order valence-electron chi connectivity index (χ1n) is 10.8. The number of fused-ring (bicyclic) bond motifs is 2. The molecular formula is C25H21F2N5O. The van der Waals surface area contributed by atoms with Crippen LogP contribution in [-0.2, 0) is 0 Å². The number of piperidine rings is 1. The van der Waals surface area contributed by atoms with Gasteiger partial charge in [0.05, 0.1) is 11.1 Å². The van der Waals surface area contributed by atoms with Gasteiger partial charge in [-0.3, -0.25) is 4.79 Å². The minimum Gasteiger partial charge on any atom is -0.361 e. The molecule has 8 heteroatoms. The Hall–Kier alpha value is -3.83. The van der Waals surface area contributed by atoms with Gasteiger partial charge in [-0.1, -0.05) is 18.6 Å². The van der Waals surface area contributed by atoms with Crippen molar-refractivity contribution in [3.8, 4) is 6.07 Å². The lowest BCUT2D eigenvalue weighted by molar-refractivity contribution is 0.0946. The number of nitrogens with zero attached hydrogens (tertiary/aromatic N) is 2. The molecule has 1 fully saturated rings. The van der Waals surface area contributed by atoms with Gasteiger partial charge in [-0.15, -0.1) is 0 Å². The van der Waals surface area contributed by atoms with Gasteiger partial charge in [0.1, 0.15) is 17.9 Å². The Morgan fingerprint density at radius 1 is 1.12 bits per heavy atom. The average molecular weight is 445 g/mol. The molecule has 3 N–H and O–H groups in total. The third kappa shape index (κ3) is 4.03. The number of H-pyrrole nitrogens is 1. The van der Waals surface area contributed by atoms with Crippen LogP contribution in [0.15, 0.2) is 48.7 Å². The van der Waals surface area contributed by atoms with Crippen molar-refractivity contribution in [2.75, 3.05) is 11.9 Å². The maximum absolute atomic E-state index is 13.8. The van der Waals surface area contributed by atoms with Crippen molar-refractivity contribution in [1.29, 1.82) is 5.26 Å². The van der Waals surface area contributed by atoms with Gasteiger partial charge < -0.3 is 15.6 Å². The van der Waals surface area contributed by atoms with Crippen molar-refractivity contribution in [3.63, 3.8) is 0 Å². The number of carbonyl (C=O) groups excluding carboxylic acids is 1. The van der Waals surface area contributed by atoms with Crippen LogP contribution in [0.5, 0.6) is 0 Å². The molecule has 6 nitrogen and oxygen atoms in total. The number of nitrogens with one attached hydrogen (secondary N) is 3. The first kappa shape index (κ1) is 21.0. The van der Waals surface area contributed by atoms with Crippen LogP contribution in [-0.4, -0.2) is 34.4 Å². The molecule has 1 saturated heterocycles.